The van der Waals surface area contributed by atoms with E-state index in [9.17, 15) is 0 Å². The summed E-state index contributed by atoms with van der Waals surface area (Å²) in [5.41, 5.74) is 2.45. The predicted molar refractivity (Wildman–Crippen MR) is 127 cm³/mol. The summed E-state index contributed by atoms with van der Waals surface area (Å²) < 4.78 is 4.78. The second-order valence-electron chi connectivity index (χ2n) is 8.89. The molecule has 0 spiro atoms. The maximum atomic E-state index is 7.08. The second-order valence-corrected chi connectivity index (χ2v) is 11.7. The summed E-state index contributed by atoms with van der Waals surface area (Å²) in [5.74, 6) is -0.401. The summed E-state index contributed by atoms with van der Waals surface area (Å²) in [6.45, 7) is 2.11. The summed E-state index contributed by atoms with van der Waals surface area (Å²) in [4.78, 5) is 0. The van der Waals surface area contributed by atoms with Crippen molar-refractivity contribution in [2.75, 3.05) is 0 Å². The van der Waals surface area contributed by atoms with Crippen LogP contribution in [0.15, 0.2) is 84.9 Å². The Balaban J connectivity index is 1.62. The molecule has 0 bridgehead atoms. The average Bonchev–Trinajstić information content (AvgIpc) is 3.51. The highest BCUT2D eigenvalue weighted by Crippen LogP contribution is 2.89. The first-order valence-corrected chi connectivity index (χ1v) is 11.9. The SMILES string of the molecule is Cc1ccccc1C1[C@@H]2C(Cl)(Cl)[C@]2(c2ccccc2)O[C@@]2(c3ccccc3)[C@@H]1C2(Cl)Cl. The number of hydrogen-bond acceptors (Lipinski definition) is 1. The number of hydrogen-bond donors (Lipinski definition) is 0. The molecule has 3 aromatic rings. The third kappa shape index (κ3) is 2.35. The van der Waals surface area contributed by atoms with Crippen molar-refractivity contribution in [3.63, 3.8) is 0 Å². The fourth-order valence-corrected chi connectivity index (χ4v) is 8.03. The maximum absolute atomic E-state index is 7.08. The Bertz CT molecular complexity index is 1090. The zero-order chi connectivity index (χ0) is 21.6. The first kappa shape index (κ1) is 20.4. The summed E-state index contributed by atoms with van der Waals surface area (Å²) in [6.07, 6.45) is 0. The monoisotopic (exact) mass is 488 g/mol. The van der Waals surface area contributed by atoms with Gasteiger partial charge >= 0.3 is 0 Å². The van der Waals surface area contributed by atoms with Gasteiger partial charge in [0.25, 0.3) is 0 Å². The lowest BCUT2D eigenvalue weighted by Crippen LogP contribution is -2.35. The van der Waals surface area contributed by atoms with E-state index in [1.165, 1.54) is 11.1 Å². The Hall–Kier alpha value is -1.22. The molecule has 0 aromatic heterocycles. The standard InChI is InChI=1S/C26H20Cl4O/c1-16-10-8-9-15-19(16)20-21-23(25(21,27)28,17-11-4-2-5-12-17)31-24(22(20)26(24,29)30)18-13-6-3-7-14-18/h2-15,20-22H,1H3/t20?,21-,22+,23+,24-. The van der Waals surface area contributed by atoms with Crippen molar-refractivity contribution >= 4 is 46.4 Å². The highest BCUT2D eigenvalue weighted by molar-refractivity contribution is 6.54. The highest BCUT2D eigenvalue weighted by atomic mass is 35.5. The van der Waals surface area contributed by atoms with Crippen molar-refractivity contribution < 1.29 is 4.74 Å². The number of aryl methyl sites for hydroxylation is 1. The minimum Gasteiger partial charge on any atom is -0.352 e. The molecule has 3 aromatic carbocycles. The van der Waals surface area contributed by atoms with E-state index in [0.29, 0.717) is 0 Å². The van der Waals surface area contributed by atoms with Crippen LogP contribution in [0.2, 0.25) is 0 Å². The van der Waals surface area contributed by atoms with Crippen molar-refractivity contribution in [2.24, 2.45) is 11.8 Å². The number of rotatable bonds is 3. The zero-order valence-corrected chi connectivity index (χ0v) is 19.8. The summed E-state index contributed by atoms with van der Waals surface area (Å²) in [6, 6.07) is 28.3. The van der Waals surface area contributed by atoms with Crippen LogP contribution in [0.4, 0.5) is 0 Å². The Morgan fingerprint density at radius 2 is 1.03 bits per heavy atom. The lowest BCUT2D eigenvalue weighted by Gasteiger charge is -2.35. The molecule has 2 aliphatic carbocycles. The van der Waals surface area contributed by atoms with Crippen LogP contribution in [0.25, 0.3) is 0 Å². The molecule has 1 saturated heterocycles. The van der Waals surface area contributed by atoms with E-state index in [-0.39, 0.29) is 17.8 Å². The van der Waals surface area contributed by atoms with Crippen molar-refractivity contribution in [3.8, 4) is 0 Å². The molecule has 6 rings (SSSR count). The van der Waals surface area contributed by atoms with E-state index in [2.05, 4.69) is 19.1 Å². The van der Waals surface area contributed by atoms with Gasteiger partial charge in [0.1, 0.15) is 11.2 Å². The predicted octanol–water partition coefficient (Wildman–Crippen LogP) is 7.51. The third-order valence-electron chi connectivity index (χ3n) is 7.47. The van der Waals surface area contributed by atoms with E-state index < -0.39 is 19.9 Å². The van der Waals surface area contributed by atoms with E-state index >= 15 is 0 Å². The first-order valence-electron chi connectivity index (χ1n) is 10.4. The fourth-order valence-electron chi connectivity index (χ4n) is 6.03. The van der Waals surface area contributed by atoms with Gasteiger partial charge in [-0.05, 0) is 29.2 Å². The molecule has 1 aliphatic heterocycles. The molecule has 3 aliphatic rings. The average molecular weight is 490 g/mol. The molecule has 1 unspecified atom stereocenters. The van der Waals surface area contributed by atoms with Gasteiger partial charge in [0, 0.05) is 17.8 Å². The van der Waals surface area contributed by atoms with Crippen molar-refractivity contribution in [1.29, 1.82) is 0 Å². The van der Waals surface area contributed by atoms with Crippen LogP contribution in [-0.4, -0.2) is 8.67 Å². The Kier molecular flexibility index (Phi) is 4.23. The zero-order valence-electron chi connectivity index (χ0n) is 16.7. The Morgan fingerprint density at radius 1 is 0.613 bits per heavy atom. The Morgan fingerprint density at radius 3 is 1.48 bits per heavy atom. The van der Waals surface area contributed by atoms with Crippen LogP contribution in [0.3, 0.4) is 0 Å². The lowest BCUT2D eigenvalue weighted by molar-refractivity contribution is -0.100. The molecule has 0 radical (unpaired) electrons. The molecule has 2 saturated carbocycles. The topological polar surface area (TPSA) is 9.23 Å². The molecular weight excluding hydrogens is 470 g/mol. The first-order chi connectivity index (χ1) is 14.8. The number of alkyl halides is 4. The molecule has 3 fully saturated rings. The second kappa shape index (κ2) is 6.43. The van der Waals surface area contributed by atoms with Crippen molar-refractivity contribution in [3.05, 3.63) is 107 Å². The van der Waals surface area contributed by atoms with Gasteiger partial charge in [0.15, 0.2) is 8.67 Å². The van der Waals surface area contributed by atoms with Crippen LogP contribution in [0, 0.1) is 18.8 Å². The third-order valence-corrected chi connectivity index (χ3v) is 9.54. The molecule has 5 heteroatoms. The maximum Gasteiger partial charge on any atom is 0.158 e. The summed E-state index contributed by atoms with van der Waals surface area (Å²) >= 11 is 28.3. The molecule has 0 N–H and O–H groups in total. The van der Waals surface area contributed by atoms with Gasteiger partial charge in [-0.1, -0.05) is 131 Å². The quantitative estimate of drug-likeness (QED) is 0.346. The largest absolute Gasteiger partial charge is 0.352 e. The van der Waals surface area contributed by atoms with Gasteiger partial charge in [-0.3, -0.25) is 0 Å². The van der Waals surface area contributed by atoms with Crippen LogP contribution in [-0.2, 0) is 15.9 Å². The highest BCUT2D eigenvalue weighted by Gasteiger charge is 2.95. The molecule has 158 valence electrons. The molecule has 1 nitrogen and oxygen atoms in total. The molecule has 1 heterocycles. The van der Waals surface area contributed by atoms with Crippen LogP contribution >= 0.6 is 46.4 Å². The smallest absolute Gasteiger partial charge is 0.158 e. The Labute approximate surface area is 202 Å². The normalized spacial score (nSPS) is 36.2. The number of ether oxygens (including phenoxy) is 1. The van der Waals surface area contributed by atoms with E-state index in [1.807, 2.05) is 72.8 Å². The molecule has 31 heavy (non-hydrogen) atoms. The van der Waals surface area contributed by atoms with E-state index in [0.717, 1.165) is 11.1 Å². The van der Waals surface area contributed by atoms with Gasteiger partial charge in [-0.2, -0.15) is 0 Å². The van der Waals surface area contributed by atoms with Gasteiger partial charge in [-0.15, -0.1) is 0 Å². The minimum absolute atomic E-state index is 0.0552. The van der Waals surface area contributed by atoms with Crippen molar-refractivity contribution in [2.45, 2.75) is 32.7 Å². The van der Waals surface area contributed by atoms with Gasteiger partial charge in [-0.25, -0.2) is 0 Å². The van der Waals surface area contributed by atoms with Crippen LogP contribution in [0.5, 0.6) is 0 Å². The van der Waals surface area contributed by atoms with Crippen LogP contribution < -0.4 is 0 Å². The summed E-state index contributed by atoms with van der Waals surface area (Å²) in [5, 5.41) is 0. The van der Waals surface area contributed by atoms with Gasteiger partial charge < -0.3 is 4.74 Å². The molecular formula is C26H20Cl4O. The summed E-state index contributed by atoms with van der Waals surface area (Å²) in [7, 11) is 0. The minimum atomic E-state index is -1.10. The number of halogens is 4. The fraction of sp³-hybridized carbons (Fsp3) is 0.308. The van der Waals surface area contributed by atoms with Gasteiger partial charge in [0.2, 0.25) is 0 Å². The van der Waals surface area contributed by atoms with E-state index in [1.54, 1.807) is 0 Å². The number of fused-ring (bicyclic) bond motifs is 2. The molecule has 5 atom stereocenters. The van der Waals surface area contributed by atoms with E-state index in [4.69, 9.17) is 51.1 Å². The van der Waals surface area contributed by atoms with Crippen LogP contribution in [0.1, 0.15) is 28.2 Å². The lowest BCUT2D eigenvalue weighted by atomic mass is 9.80. The van der Waals surface area contributed by atoms with Gasteiger partial charge in [0.05, 0.1) is 0 Å². The van der Waals surface area contributed by atoms with Crippen molar-refractivity contribution in [1.82, 2.24) is 0 Å². The number of benzene rings is 3. The molecule has 0 amide bonds.